The fraction of sp³-hybridized carbons (Fsp3) is 0.375. The van der Waals surface area contributed by atoms with Crippen molar-refractivity contribution in [2.75, 3.05) is 39.3 Å². The Morgan fingerprint density at radius 2 is 1.72 bits per heavy atom. The third-order valence-corrected chi connectivity index (χ3v) is 5.74. The van der Waals surface area contributed by atoms with Gasteiger partial charge in [0.25, 0.3) is 0 Å². The minimum Gasteiger partial charge on any atom is -0.463 e. The summed E-state index contributed by atoms with van der Waals surface area (Å²) in [4.78, 5) is 34.4. The molecule has 2 amide bonds. The lowest BCUT2D eigenvalue weighted by Crippen LogP contribution is -2.51. The summed E-state index contributed by atoms with van der Waals surface area (Å²) in [6.07, 6.45) is 1.82. The van der Waals surface area contributed by atoms with Crippen LogP contribution in [0.3, 0.4) is 0 Å². The van der Waals surface area contributed by atoms with Crippen molar-refractivity contribution < 1.29 is 14.3 Å². The zero-order chi connectivity index (χ0) is 22.3. The molecule has 8 nitrogen and oxygen atoms in total. The molecular weight excluding hydrogens is 406 g/mol. The fourth-order valence-corrected chi connectivity index (χ4v) is 4.14. The van der Waals surface area contributed by atoms with E-state index >= 15 is 0 Å². The number of benzene rings is 1. The van der Waals surface area contributed by atoms with Gasteiger partial charge in [-0.15, -0.1) is 0 Å². The predicted molar refractivity (Wildman–Crippen MR) is 120 cm³/mol. The van der Waals surface area contributed by atoms with Gasteiger partial charge in [-0.25, -0.2) is 9.59 Å². The average molecular weight is 436 g/mol. The summed E-state index contributed by atoms with van der Waals surface area (Å²) in [7, 11) is 0. The lowest BCUT2D eigenvalue weighted by molar-refractivity contribution is -0.139. The molecule has 1 saturated heterocycles. The minimum absolute atomic E-state index is 0.275. The molecule has 0 aliphatic carbocycles. The van der Waals surface area contributed by atoms with Gasteiger partial charge in [0.15, 0.2) is 0 Å². The summed E-state index contributed by atoms with van der Waals surface area (Å²) in [6.45, 7) is 6.84. The zero-order valence-electron chi connectivity index (χ0n) is 18.3. The van der Waals surface area contributed by atoms with E-state index < -0.39 is 12.0 Å². The Morgan fingerprint density at radius 1 is 1.03 bits per heavy atom. The molecule has 168 valence electrons. The van der Waals surface area contributed by atoms with E-state index in [1.165, 1.54) is 0 Å². The Bertz CT molecular complexity index is 956. The van der Waals surface area contributed by atoms with E-state index in [9.17, 15) is 9.59 Å². The number of amides is 2. The highest BCUT2D eigenvalue weighted by Crippen LogP contribution is 2.28. The number of rotatable bonds is 7. The Balaban J connectivity index is 1.49. The molecule has 1 aromatic heterocycles. The molecule has 0 bridgehead atoms. The van der Waals surface area contributed by atoms with Gasteiger partial charge >= 0.3 is 12.0 Å². The van der Waals surface area contributed by atoms with Gasteiger partial charge in [0.05, 0.1) is 23.9 Å². The Kier molecular flexibility index (Phi) is 7.14. The third-order valence-electron chi connectivity index (χ3n) is 5.74. The molecule has 2 aliphatic heterocycles. The van der Waals surface area contributed by atoms with Crippen LogP contribution in [-0.4, -0.2) is 66.1 Å². The van der Waals surface area contributed by atoms with E-state index in [-0.39, 0.29) is 12.6 Å². The van der Waals surface area contributed by atoms with Crippen LogP contribution < -0.4 is 10.6 Å². The number of hydrogen-bond donors (Lipinski definition) is 2. The average Bonchev–Trinajstić information content (AvgIpc) is 2.81. The number of carbonyl (C=O) groups is 2. The summed E-state index contributed by atoms with van der Waals surface area (Å²) >= 11 is 0. The Morgan fingerprint density at radius 3 is 2.38 bits per heavy atom. The molecule has 0 saturated carbocycles. The summed E-state index contributed by atoms with van der Waals surface area (Å²) < 4.78 is 5.35. The van der Waals surface area contributed by atoms with Crippen LogP contribution in [0.1, 0.15) is 24.2 Å². The summed E-state index contributed by atoms with van der Waals surface area (Å²) in [5, 5.41) is 5.75. The number of carbonyl (C=O) groups excluding carboxylic acids is 2. The van der Waals surface area contributed by atoms with Gasteiger partial charge in [-0.3, -0.25) is 14.8 Å². The third kappa shape index (κ3) is 5.33. The van der Waals surface area contributed by atoms with E-state index in [0.717, 1.165) is 44.0 Å². The van der Waals surface area contributed by atoms with Gasteiger partial charge in [-0.1, -0.05) is 36.4 Å². The number of nitrogens with zero attached hydrogens (tertiary/aromatic N) is 3. The molecule has 2 aromatic rings. The number of ether oxygens (including phenoxy) is 1. The second-order valence-corrected chi connectivity index (χ2v) is 7.93. The maximum absolute atomic E-state index is 12.9. The Labute approximate surface area is 188 Å². The SMILES string of the molecule is CCOC(=O)C1=C(CN2CCN(Cc3ccccn3)CC2)NC(=O)NC1c1ccccc1. The first kappa shape index (κ1) is 22.0. The predicted octanol–water partition coefficient (Wildman–Crippen LogP) is 2.07. The first-order valence-corrected chi connectivity index (χ1v) is 11.0. The van der Waals surface area contributed by atoms with Crippen molar-refractivity contribution in [2.45, 2.75) is 19.5 Å². The highest BCUT2D eigenvalue weighted by atomic mass is 16.5. The van der Waals surface area contributed by atoms with Crippen LogP contribution in [0.2, 0.25) is 0 Å². The van der Waals surface area contributed by atoms with Crippen molar-refractivity contribution in [3.05, 3.63) is 77.3 Å². The summed E-state index contributed by atoms with van der Waals surface area (Å²) in [6, 6.07) is 14.6. The van der Waals surface area contributed by atoms with Crippen molar-refractivity contribution in [3.8, 4) is 0 Å². The molecule has 1 fully saturated rings. The number of hydrogen-bond acceptors (Lipinski definition) is 6. The molecular formula is C24H29N5O3. The van der Waals surface area contributed by atoms with E-state index in [4.69, 9.17) is 4.74 Å². The second kappa shape index (κ2) is 10.4. The van der Waals surface area contributed by atoms with Gasteiger partial charge in [-0.05, 0) is 24.6 Å². The van der Waals surface area contributed by atoms with Crippen LogP contribution in [0, 0.1) is 0 Å². The molecule has 4 rings (SSSR count). The molecule has 2 aliphatic rings. The topological polar surface area (TPSA) is 86.8 Å². The van der Waals surface area contributed by atoms with Crippen LogP contribution in [0.4, 0.5) is 4.79 Å². The molecule has 1 atom stereocenters. The van der Waals surface area contributed by atoms with E-state index in [0.29, 0.717) is 17.8 Å². The zero-order valence-corrected chi connectivity index (χ0v) is 18.3. The van der Waals surface area contributed by atoms with E-state index in [1.54, 1.807) is 6.92 Å². The van der Waals surface area contributed by atoms with Gasteiger partial charge in [0, 0.05) is 51.2 Å². The molecule has 2 N–H and O–H groups in total. The highest BCUT2D eigenvalue weighted by Gasteiger charge is 2.34. The summed E-state index contributed by atoms with van der Waals surface area (Å²) in [5.41, 5.74) is 2.99. The number of urea groups is 1. The standard InChI is InChI=1S/C24H29N5O3/c1-2-32-23(30)21-20(26-24(31)27-22(21)18-8-4-3-5-9-18)17-29-14-12-28(13-15-29)16-19-10-6-7-11-25-19/h3-11,22H,2,12-17H2,1H3,(H2,26,27,31). The second-order valence-electron chi connectivity index (χ2n) is 7.93. The number of pyridine rings is 1. The van der Waals surface area contributed by atoms with E-state index in [2.05, 4.69) is 25.4 Å². The smallest absolute Gasteiger partial charge is 0.338 e. The van der Waals surface area contributed by atoms with Gasteiger partial charge in [0.2, 0.25) is 0 Å². The monoisotopic (exact) mass is 435 g/mol. The Hall–Kier alpha value is -3.23. The molecule has 3 heterocycles. The molecule has 8 heteroatoms. The normalized spacial score (nSPS) is 19.9. The lowest BCUT2D eigenvalue weighted by atomic mass is 9.95. The highest BCUT2D eigenvalue weighted by molar-refractivity contribution is 5.95. The van der Waals surface area contributed by atoms with Crippen LogP contribution >= 0.6 is 0 Å². The summed E-state index contributed by atoms with van der Waals surface area (Å²) in [5.74, 6) is -0.405. The maximum atomic E-state index is 12.9. The van der Waals surface area contributed by atoms with Crippen molar-refractivity contribution in [1.29, 1.82) is 0 Å². The first-order valence-electron chi connectivity index (χ1n) is 11.0. The van der Waals surface area contributed by atoms with Gasteiger partial charge in [-0.2, -0.15) is 0 Å². The van der Waals surface area contributed by atoms with Crippen LogP contribution in [0.15, 0.2) is 66.0 Å². The number of esters is 1. The molecule has 1 aromatic carbocycles. The van der Waals surface area contributed by atoms with Crippen molar-refractivity contribution in [1.82, 2.24) is 25.4 Å². The lowest BCUT2D eigenvalue weighted by Gasteiger charge is -2.37. The van der Waals surface area contributed by atoms with Gasteiger partial charge in [0.1, 0.15) is 0 Å². The minimum atomic E-state index is -0.538. The molecule has 0 radical (unpaired) electrons. The quantitative estimate of drug-likeness (QED) is 0.648. The maximum Gasteiger partial charge on any atom is 0.338 e. The molecule has 32 heavy (non-hydrogen) atoms. The van der Waals surface area contributed by atoms with Crippen LogP contribution in [0.25, 0.3) is 0 Å². The van der Waals surface area contributed by atoms with Crippen LogP contribution in [-0.2, 0) is 16.1 Å². The molecule has 1 unspecified atom stereocenters. The first-order chi connectivity index (χ1) is 15.6. The fourth-order valence-electron chi connectivity index (χ4n) is 4.14. The van der Waals surface area contributed by atoms with Crippen molar-refractivity contribution in [2.24, 2.45) is 0 Å². The van der Waals surface area contributed by atoms with E-state index in [1.807, 2.05) is 54.7 Å². The van der Waals surface area contributed by atoms with Gasteiger partial charge < -0.3 is 15.4 Å². The van der Waals surface area contributed by atoms with Crippen LogP contribution in [0.5, 0.6) is 0 Å². The largest absolute Gasteiger partial charge is 0.463 e. The van der Waals surface area contributed by atoms with Crippen molar-refractivity contribution in [3.63, 3.8) is 0 Å². The number of piperazine rings is 1. The molecule has 0 spiro atoms. The number of nitrogens with one attached hydrogen (secondary N) is 2. The van der Waals surface area contributed by atoms with Crippen molar-refractivity contribution >= 4 is 12.0 Å². The number of aromatic nitrogens is 1.